The molecule has 1 saturated heterocycles. The lowest BCUT2D eigenvalue weighted by atomic mass is 9.83. The lowest BCUT2D eigenvalue weighted by Gasteiger charge is -2.43. The van der Waals surface area contributed by atoms with E-state index in [1.165, 1.54) is 38.5 Å². The minimum absolute atomic E-state index is 0. The zero-order chi connectivity index (χ0) is 17.4. The standard InChI is InChI=1S/C19H38N4O.HI/c1-5-6-16-7-9-17(10-8-16)22-18(20-2)21-15-19(23(3)4)11-13-24-14-12-19;/h16-17H,5-15H2,1-4H3,(H2,20,21,22);1H. The van der Waals surface area contributed by atoms with Gasteiger partial charge in [0, 0.05) is 38.4 Å². The monoisotopic (exact) mass is 466 g/mol. The van der Waals surface area contributed by atoms with Crippen molar-refractivity contribution in [1.29, 1.82) is 0 Å². The summed E-state index contributed by atoms with van der Waals surface area (Å²) in [6, 6.07) is 0.578. The van der Waals surface area contributed by atoms with Crippen LogP contribution in [0.25, 0.3) is 0 Å². The fourth-order valence-corrected chi connectivity index (χ4v) is 4.17. The zero-order valence-corrected chi connectivity index (χ0v) is 19.0. The number of guanidine groups is 1. The number of halogens is 1. The Morgan fingerprint density at radius 1 is 1.16 bits per heavy atom. The molecule has 1 aliphatic carbocycles. The van der Waals surface area contributed by atoms with Crippen molar-refractivity contribution in [2.75, 3.05) is 40.9 Å². The van der Waals surface area contributed by atoms with E-state index in [4.69, 9.17) is 4.74 Å². The first-order valence-electron chi connectivity index (χ1n) is 9.82. The van der Waals surface area contributed by atoms with Gasteiger partial charge in [0.2, 0.25) is 0 Å². The highest BCUT2D eigenvalue weighted by molar-refractivity contribution is 14.0. The lowest BCUT2D eigenvalue weighted by molar-refractivity contribution is -0.00504. The van der Waals surface area contributed by atoms with E-state index in [0.29, 0.717) is 6.04 Å². The van der Waals surface area contributed by atoms with Crippen molar-refractivity contribution < 1.29 is 4.74 Å². The lowest BCUT2D eigenvalue weighted by Crippen LogP contribution is -2.57. The summed E-state index contributed by atoms with van der Waals surface area (Å²) in [6.07, 6.45) is 10.1. The molecular formula is C19H39IN4O. The molecule has 2 aliphatic rings. The number of hydrogen-bond donors (Lipinski definition) is 2. The third-order valence-corrected chi connectivity index (χ3v) is 6.07. The molecule has 0 aromatic carbocycles. The van der Waals surface area contributed by atoms with Crippen molar-refractivity contribution >= 4 is 29.9 Å². The highest BCUT2D eigenvalue weighted by atomic mass is 127. The maximum Gasteiger partial charge on any atom is 0.191 e. The summed E-state index contributed by atoms with van der Waals surface area (Å²) in [5.41, 5.74) is 0.175. The van der Waals surface area contributed by atoms with Crippen LogP contribution in [-0.4, -0.2) is 63.3 Å². The molecule has 0 spiro atoms. The van der Waals surface area contributed by atoms with Gasteiger partial charge >= 0.3 is 0 Å². The number of nitrogens with zero attached hydrogens (tertiary/aromatic N) is 2. The van der Waals surface area contributed by atoms with E-state index < -0.39 is 0 Å². The van der Waals surface area contributed by atoms with Crippen LogP contribution in [0.1, 0.15) is 58.3 Å². The van der Waals surface area contributed by atoms with E-state index in [1.807, 2.05) is 7.05 Å². The van der Waals surface area contributed by atoms with E-state index in [1.54, 1.807) is 0 Å². The molecule has 0 aromatic heterocycles. The van der Waals surface area contributed by atoms with Gasteiger partial charge in [0.15, 0.2) is 5.96 Å². The van der Waals surface area contributed by atoms with Crippen LogP contribution in [0, 0.1) is 5.92 Å². The van der Waals surface area contributed by atoms with Crippen molar-refractivity contribution in [1.82, 2.24) is 15.5 Å². The van der Waals surface area contributed by atoms with E-state index in [2.05, 4.69) is 41.5 Å². The second-order valence-corrected chi connectivity index (χ2v) is 7.81. The molecule has 0 atom stereocenters. The quantitative estimate of drug-likeness (QED) is 0.359. The summed E-state index contributed by atoms with van der Waals surface area (Å²) in [6.45, 7) is 4.93. The second kappa shape index (κ2) is 11.6. The van der Waals surface area contributed by atoms with Gasteiger partial charge in [0.1, 0.15) is 0 Å². The first-order chi connectivity index (χ1) is 11.6. The average molecular weight is 466 g/mol. The van der Waals surface area contributed by atoms with Gasteiger partial charge in [0.05, 0.1) is 0 Å². The SMILES string of the molecule is CCCC1CCC(NC(=NC)NCC2(N(C)C)CCOCC2)CC1.I. The molecule has 148 valence electrons. The first kappa shape index (κ1) is 23.0. The fourth-order valence-electron chi connectivity index (χ4n) is 4.17. The number of ether oxygens (including phenoxy) is 1. The summed E-state index contributed by atoms with van der Waals surface area (Å²) >= 11 is 0. The van der Waals surface area contributed by atoms with Gasteiger partial charge in [-0.15, -0.1) is 24.0 Å². The predicted octanol–water partition coefficient (Wildman–Crippen LogP) is 3.24. The van der Waals surface area contributed by atoms with Gasteiger partial charge in [-0.3, -0.25) is 4.99 Å². The number of hydrogen-bond acceptors (Lipinski definition) is 3. The van der Waals surface area contributed by atoms with Crippen LogP contribution in [0.15, 0.2) is 4.99 Å². The number of rotatable bonds is 6. The third kappa shape index (κ3) is 6.86. The van der Waals surface area contributed by atoms with Gasteiger partial charge in [-0.05, 0) is 58.5 Å². The maximum absolute atomic E-state index is 5.56. The molecule has 2 rings (SSSR count). The molecule has 0 unspecified atom stereocenters. The number of nitrogens with one attached hydrogen (secondary N) is 2. The molecule has 6 heteroatoms. The Morgan fingerprint density at radius 2 is 1.80 bits per heavy atom. The summed E-state index contributed by atoms with van der Waals surface area (Å²) in [5, 5.41) is 7.24. The van der Waals surface area contributed by atoms with Gasteiger partial charge in [-0.2, -0.15) is 0 Å². The van der Waals surface area contributed by atoms with Crippen LogP contribution < -0.4 is 10.6 Å². The number of aliphatic imine (C=N–C) groups is 1. The maximum atomic E-state index is 5.56. The molecule has 2 fully saturated rings. The van der Waals surface area contributed by atoms with Crippen LogP contribution in [0.2, 0.25) is 0 Å². The predicted molar refractivity (Wildman–Crippen MR) is 117 cm³/mol. The minimum atomic E-state index is 0. The molecule has 1 saturated carbocycles. The highest BCUT2D eigenvalue weighted by Gasteiger charge is 2.35. The van der Waals surface area contributed by atoms with Crippen LogP contribution >= 0.6 is 24.0 Å². The topological polar surface area (TPSA) is 48.9 Å². The Hall–Kier alpha value is -0.0800. The largest absolute Gasteiger partial charge is 0.381 e. The second-order valence-electron chi connectivity index (χ2n) is 7.81. The molecule has 2 N–H and O–H groups in total. The smallest absolute Gasteiger partial charge is 0.191 e. The highest BCUT2D eigenvalue weighted by Crippen LogP contribution is 2.28. The molecule has 0 bridgehead atoms. The van der Waals surface area contributed by atoms with Crippen molar-refractivity contribution in [3.05, 3.63) is 0 Å². The van der Waals surface area contributed by atoms with Crippen molar-refractivity contribution in [3.63, 3.8) is 0 Å². The van der Waals surface area contributed by atoms with Gasteiger partial charge in [-0.1, -0.05) is 19.8 Å². The van der Waals surface area contributed by atoms with Crippen LogP contribution in [0.4, 0.5) is 0 Å². The van der Waals surface area contributed by atoms with Crippen LogP contribution in [0.3, 0.4) is 0 Å². The Morgan fingerprint density at radius 3 is 2.32 bits per heavy atom. The molecule has 5 nitrogen and oxygen atoms in total. The Bertz CT molecular complexity index is 389. The van der Waals surface area contributed by atoms with Crippen molar-refractivity contribution in [3.8, 4) is 0 Å². The Balaban J connectivity index is 0.00000312. The molecular weight excluding hydrogens is 427 g/mol. The summed E-state index contributed by atoms with van der Waals surface area (Å²) in [5.74, 6) is 1.91. The van der Waals surface area contributed by atoms with Crippen molar-refractivity contribution in [2.45, 2.75) is 69.9 Å². The minimum Gasteiger partial charge on any atom is -0.381 e. The Labute approximate surface area is 171 Å². The van der Waals surface area contributed by atoms with Crippen LogP contribution in [-0.2, 0) is 4.74 Å². The molecule has 0 radical (unpaired) electrons. The summed E-state index contributed by atoms with van der Waals surface area (Å²) in [7, 11) is 6.24. The van der Waals surface area contributed by atoms with E-state index in [0.717, 1.165) is 44.5 Å². The van der Waals surface area contributed by atoms with E-state index in [9.17, 15) is 0 Å². The first-order valence-corrected chi connectivity index (χ1v) is 9.82. The molecule has 0 amide bonds. The molecule has 0 aromatic rings. The summed E-state index contributed by atoms with van der Waals surface area (Å²) < 4.78 is 5.56. The molecule has 25 heavy (non-hydrogen) atoms. The summed E-state index contributed by atoms with van der Waals surface area (Å²) in [4.78, 5) is 6.81. The Kier molecular flexibility index (Phi) is 10.6. The van der Waals surface area contributed by atoms with Crippen molar-refractivity contribution in [2.24, 2.45) is 10.9 Å². The normalized spacial score (nSPS) is 26.8. The van der Waals surface area contributed by atoms with E-state index in [-0.39, 0.29) is 29.5 Å². The van der Waals surface area contributed by atoms with Crippen LogP contribution in [0.5, 0.6) is 0 Å². The molecule has 1 heterocycles. The van der Waals surface area contributed by atoms with Gasteiger partial charge in [0.25, 0.3) is 0 Å². The van der Waals surface area contributed by atoms with E-state index >= 15 is 0 Å². The van der Waals surface area contributed by atoms with Gasteiger partial charge < -0.3 is 20.3 Å². The zero-order valence-electron chi connectivity index (χ0n) is 16.6. The average Bonchev–Trinajstić information content (AvgIpc) is 2.61. The van der Waals surface area contributed by atoms with Gasteiger partial charge in [-0.25, -0.2) is 0 Å². The fraction of sp³-hybridized carbons (Fsp3) is 0.947. The number of likely N-dealkylation sites (N-methyl/N-ethyl adjacent to an activating group) is 1. The third-order valence-electron chi connectivity index (χ3n) is 6.07. The molecule has 1 aliphatic heterocycles.